The molecule has 0 aliphatic carbocycles. The zero-order valence-electron chi connectivity index (χ0n) is 8.90. The summed E-state index contributed by atoms with van der Waals surface area (Å²) in [7, 11) is 0. The number of nitrogens with zero attached hydrogens (tertiary/aromatic N) is 6. The van der Waals surface area contributed by atoms with Gasteiger partial charge >= 0.3 is 0 Å². The van der Waals surface area contributed by atoms with Crippen LogP contribution < -0.4 is 0 Å². The van der Waals surface area contributed by atoms with Crippen molar-refractivity contribution in [2.24, 2.45) is 10.2 Å². The Morgan fingerprint density at radius 2 is 1.31 bits per heavy atom. The van der Waals surface area contributed by atoms with Gasteiger partial charge in [0.15, 0.2) is 0 Å². The molecule has 0 aliphatic heterocycles. The molecule has 0 aliphatic rings. The number of hydrogen-bond acceptors (Lipinski definition) is 4. The van der Waals surface area contributed by atoms with Gasteiger partial charge < -0.3 is 0 Å². The minimum atomic E-state index is 0.566. The third kappa shape index (κ3) is 13.1. The third-order valence-electron chi connectivity index (χ3n) is 1.42. The zero-order chi connectivity index (χ0) is 11.9. The summed E-state index contributed by atoms with van der Waals surface area (Å²) in [6.45, 7) is 1.13. The molecule has 0 spiro atoms. The van der Waals surface area contributed by atoms with Crippen molar-refractivity contribution in [3.63, 3.8) is 0 Å². The van der Waals surface area contributed by atoms with E-state index in [1.54, 1.807) is 23.5 Å². The summed E-state index contributed by atoms with van der Waals surface area (Å²) in [6, 6.07) is 0. The Morgan fingerprint density at radius 1 is 0.875 bits per heavy atom. The first-order valence-electron chi connectivity index (χ1n) is 4.81. The van der Waals surface area contributed by atoms with E-state index in [0.29, 0.717) is 13.1 Å². The smallest absolute Gasteiger partial charge is 0.0265 e. The highest BCUT2D eigenvalue weighted by Crippen LogP contribution is 2.10. The molecule has 8 heteroatoms. The Kier molecular flexibility index (Phi) is 13.2. The standard InChI is InChI=1S/C8H14N6S2/c9-13-11-3-1-5-15-7-8-16-6-2-4-12-14-10/h7-8H,1-6H2/b8-7-. The molecule has 0 bridgehead atoms. The maximum Gasteiger partial charge on any atom is 0.0265 e. The van der Waals surface area contributed by atoms with Crippen LogP contribution in [0.2, 0.25) is 0 Å². The molecule has 88 valence electrons. The van der Waals surface area contributed by atoms with Crippen molar-refractivity contribution in [3.8, 4) is 0 Å². The van der Waals surface area contributed by atoms with Crippen LogP contribution in [0.4, 0.5) is 0 Å². The average molecular weight is 258 g/mol. The second kappa shape index (κ2) is 14.1. The lowest BCUT2D eigenvalue weighted by Gasteiger charge is -1.93. The average Bonchev–Trinajstić information content (AvgIpc) is 2.31. The van der Waals surface area contributed by atoms with Crippen LogP contribution in [0.1, 0.15) is 12.8 Å². The summed E-state index contributed by atoms with van der Waals surface area (Å²) < 4.78 is 0. The van der Waals surface area contributed by atoms with E-state index in [2.05, 4.69) is 20.1 Å². The maximum absolute atomic E-state index is 8.03. The monoisotopic (exact) mass is 258 g/mol. The van der Waals surface area contributed by atoms with Gasteiger partial charge in [0.2, 0.25) is 0 Å². The topological polar surface area (TPSA) is 97.5 Å². The van der Waals surface area contributed by atoms with Crippen LogP contribution in [-0.4, -0.2) is 24.6 Å². The summed E-state index contributed by atoms with van der Waals surface area (Å²) in [5, 5.41) is 11.0. The van der Waals surface area contributed by atoms with Gasteiger partial charge in [0, 0.05) is 22.9 Å². The molecule has 0 heterocycles. The van der Waals surface area contributed by atoms with Crippen molar-refractivity contribution in [1.29, 1.82) is 0 Å². The second-order valence-corrected chi connectivity index (χ2v) is 4.66. The van der Waals surface area contributed by atoms with Crippen molar-refractivity contribution in [1.82, 2.24) is 0 Å². The molecule has 0 amide bonds. The molecule has 0 aromatic heterocycles. The number of thioether (sulfide) groups is 2. The van der Waals surface area contributed by atoms with Gasteiger partial charge in [-0.1, -0.05) is 10.2 Å². The molecule has 0 N–H and O–H groups in total. The van der Waals surface area contributed by atoms with Gasteiger partial charge in [0.1, 0.15) is 0 Å². The van der Waals surface area contributed by atoms with E-state index in [1.807, 2.05) is 10.8 Å². The van der Waals surface area contributed by atoms with E-state index in [9.17, 15) is 0 Å². The molecule has 16 heavy (non-hydrogen) atoms. The summed E-state index contributed by atoms with van der Waals surface area (Å²) in [6.07, 6.45) is 1.81. The summed E-state index contributed by atoms with van der Waals surface area (Å²) in [5.41, 5.74) is 16.1. The quantitative estimate of drug-likeness (QED) is 0.252. The largest absolute Gasteiger partial charge is 0.134 e. The van der Waals surface area contributed by atoms with Crippen LogP contribution >= 0.6 is 23.5 Å². The van der Waals surface area contributed by atoms with Gasteiger partial charge in [0.05, 0.1) is 0 Å². The first kappa shape index (κ1) is 15.1. The van der Waals surface area contributed by atoms with Gasteiger partial charge in [0.25, 0.3) is 0 Å². The molecule has 0 radical (unpaired) electrons. The highest BCUT2D eigenvalue weighted by molar-refractivity contribution is 8.05. The minimum absolute atomic E-state index is 0.566. The summed E-state index contributed by atoms with van der Waals surface area (Å²) in [4.78, 5) is 5.36. The zero-order valence-corrected chi connectivity index (χ0v) is 10.5. The van der Waals surface area contributed by atoms with Crippen LogP contribution in [0.25, 0.3) is 20.9 Å². The molecule has 0 saturated carbocycles. The maximum atomic E-state index is 8.03. The highest BCUT2D eigenvalue weighted by atomic mass is 32.2. The lowest BCUT2D eigenvalue weighted by atomic mass is 10.5. The predicted molar refractivity (Wildman–Crippen MR) is 71.3 cm³/mol. The molecule has 0 rings (SSSR count). The molecule has 0 atom stereocenters. The Balaban J connectivity index is 3.15. The van der Waals surface area contributed by atoms with E-state index in [-0.39, 0.29) is 0 Å². The van der Waals surface area contributed by atoms with Crippen LogP contribution in [0.15, 0.2) is 21.0 Å². The van der Waals surface area contributed by atoms with Crippen molar-refractivity contribution in [2.75, 3.05) is 24.6 Å². The molecule has 0 aromatic carbocycles. The van der Waals surface area contributed by atoms with Crippen LogP contribution in [-0.2, 0) is 0 Å². The molecule has 0 saturated heterocycles. The van der Waals surface area contributed by atoms with Crippen molar-refractivity contribution < 1.29 is 0 Å². The number of azide groups is 2. The van der Waals surface area contributed by atoms with E-state index in [0.717, 1.165) is 24.3 Å². The van der Waals surface area contributed by atoms with E-state index < -0.39 is 0 Å². The van der Waals surface area contributed by atoms with Crippen molar-refractivity contribution >= 4 is 23.5 Å². The summed E-state index contributed by atoms with van der Waals surface area (Å²) in [5.74, 6) is 1.93. The minimum Gasteiger partial charge on any atom is -0.134 e. The Labute approximate surface area is 103 Å². The van der Waals surface area contributed by atoms with Crippen LogP contribution in [0, 0.1) is 0 Å². The number of rotatable bonds is 10. The predicted octanol–water partition coefficient (Wildman–Crippen LogP) is 4.32. The molecule has 0 fully saturated rings. The molecule has 6 nitrogen and oxygen atoms in total. The fourth-order valence-corrected chi connectivity index (χ4v) is 2.23. The SMILES string of the molecule is [N-]=[N+]=NCCCS/C=C\SCCCN=[N+]=[N-]. The van der Waals surface area contributed by atoms with E-state index >= 15 is 0 Å². The van der Waals surface area contributed by atoms with Gasteiger partial charge in [-0.2, -0.15) is 0 Å². The molecular weight excluding hydrogens is 244 g/mol. The van der Waals surface area contributed by atoms with E-state index in [4.69, 9.17) is 11.1 Å². The Morgan fingerprint density at radius 3 is 1.69 bits per heavy atom. The first-order valence-corrected chi connectivity index (χ1v) is 6.91. The molecule has 0 aromatic rings. The second-order valence-electron chi connectivity index (χ2n) is 2.63. The lowest BCUT2D eigenvalue weighted by molar-refractivity contribution is 0.933. The van der Waals surface area contributed by atoms with Crippen LogP contribution in [0.3, 0.4) is 0 Å². The first-order chi connectivity index (χ1) is 7.91. The molecular formula is C8H14N6S2. The lowest BCUT2D eigenvalue weighted by Crippen LogP contribution is -1.81. The normalized spacial score (nSPS) is 9.75. The highest BCUT2D eigenvalue weighted by Gasteiger charge is 1.85. The third-order valence-corrected chi connectivity index (χ3v) is 3.29. The fourth-order valence-electron chi connectivity index (χ4n) is 0.741. The van der Waals surface area contributed by atoms with Crippen LogP contribution in [0.5, 0.6) is 0 Å². The van der Waals surface area contributed by atoms with Crippen molar-refractivity contribution in [2.45, 2.75) is 12.8 Å². The summed E-state index contributed by atoms with van der Waals surface area (Å²) >= 11 is 3.41. The number of hydrogen-bond donors (Lipinski definition) is 0. The Hall–Kier alpha value is -0.940. The fraction of sp³-hybridized carbons (Fsp3) is 0.750. The van der Waals surface area contributed by atoms with Crippen molar-refractivity contribution in [3.05, 3.63) is 31.7 Å². The van der Waals surface area contributed by atoms with Gasteiger partial charge in [-0.3, -0.25) is 0 Å². The Bertz CT molecular complexity index is 252. The van der Waals surface area contributed by atoms with Gasteiger partial charge in [-0.05, 0) is 46.2 Å². The molecule has 0 unspecified atom stereocenters. The van der Waals surface area contributed by atoms with E-state index in [1.165, 1.54) is 0 Å². The van der Waals surface area contributed by atoms with Gasteiger partial charge in [-0.25, -0.2) is 0 Å². The van der Waals surface area contributed by atoms with Gasteiger partial charge in [-0.15, -0.1) is 23.5 Å².